The van der Waals surface area contributed by atoms with Crippen molar-refractivity contribution in [2.45, 2.75) is 64.6 Å². The molecule has 2 atom stereocenters. The van der Waals surface area contributed by atoms with Crippen molar-refractivity contribution >= 4 is 23.4 Å². The Morgan fingerprint density at radius 1 is 0.909 bits per heavy atom. The Hall–Kier alpha value is -1.80. The first-order chi connectivity index (χ1) is 10.3. The van der Waals surface area contributed by atoms with Crippen LogP contribution >= 0.6 is 0 Å². The van der Waals surface area contributed by atoms with Crippen LogP contribution in [-0.2, 0) is 19.2 Å². The molecule has 0 aliphatic rings. The fraction of sp³-hybridized carbons (Fsp3) is 0.714. The average Bonchev–Trinajstić information content (AvgIpc) is 2.46. The zero-order chi connectivity index (χ0) is 17.1. The van der Waals surface area contributed by atoms with Gasteiger partial charge in [-0.25, -0.2) is 0 Å². The van der Waals surface area contributed by atoms with Gasteiger partial charge in [0.15, 0.2) is 0 Å². The number of aliphatic hydroxyl groups is 2. The van der Waals surface area contributed by atoms with Crippen molar-refractivity contribution in [3.05, 3.63) is 0 Å². The number of Topliss-reactive ketones (excluding diaryl/α,β-unsaturated/α-hetero) is 2. The maximum absolute atomic E-state index is 11.4. The van der Waals surface area contributed by atoms with Gasteiger partial charge in [-0.1, -0.05) is 12.8 Å². The molecule has 22 heavy (non-hydrogen) atoms. The number of hydrogen-bond donors (Lipinski definition) is 4. The van der Waals surface area contributed by atoms with Gasteiger partial charge >= 0.3 is 5.91 Å². The number of rotatable bonds is 10. The SMILES string of the molecule is CC(=O)CCCCCCC(=O)NNC(=O)C(=O)[C@@H](O)C(C)O. The molecule has 0 aromatic rings. The molecule has 0 spiro atoms. The highest BCUT2D eigenvalue weighted by Gasteiger charge is 2.27. The van der Waals surface area contributed by atoms with Gasteiger partial charge in [0.05, 0.1) is 6.10 Å². The first kappa shape index (κ1) is 20.2. The molecule has 4 N–H and O–H groups in total. The summed E-state index contributed by atoms with van der Waals surface area (Å²) in [6, 6.07) is 0. The van der Waals surface area contributed by atoms with Gasteiger partial charge < -0.3 is 15.0 Å². The minimum atomic E-state index is -1.82. The number of hydrazine groups is 1. The van der Waals surface area contributed by atoms with E-state index in [2.05, 4.69) is 5.43 Å². The predicted molar refractivity (Wildman–Crippen MR) is 77.4 cm³/mol. The number of hydrogen-bond acceptors (Lipinski definition) is 6. The summed E-state index contributed by atoms with van der Waals surface area (Å²) in [5.41, 5.74) is 3.94. The molecule has 8 nitrogen and oxygen atoms in total. The second-order valence-electron chi connectivity index (χ2n) is 5.17. The van der Waals surface area contributed by atoms with E-state index in [1.54, 1.807) is 0 Å². The lowest BCUT2D eigenvalue weighted by atomic mass is 10.1. The Morgan fingerprint density at radius 3 is 1.95 bits per heavy atom. The number of ketones is 2. The van der Waals surface area contributed by atoms with Crippen LogP contribution in [0.4, 0.5) is 0 Å². The summed E-state index contributed by atoms with van der Waals surface area (Å²) in [5.74, 6) is -2.73. The third-order valence-corrected chi connectivity index (χ3v) is 2.95. The zero-order valence-electron chi connectivity index (χ0n) is 12.9. The quantitative estimate of drug-likeness (QED) is 0.241. The first-order valence-corrected chi connectivity index (χ1v) is 7.24. The molecule has 0 aromatic carbocycles. The Morgan fingerprint density at radius 2 is 1.45 bits per heavy atom. The Kier molecular flexibility index (Phi) is 9.97. The van der Waals surface area contributed by atoms with Crippen LogP contribution in [-0.4, -0.2) is 45.8 Å². The Balaban J connectivity index is 3.79. The molecule has 0 radical (unpaired) electrons. The van der Waals surface area contributed by atoms with Crippen LogP contribution in [0.1, 0.15) is 52.4 Å². The summed E-state index contributed by atoms with van der Waals surface area (Å²) < 4.78 is 0. The largest absolute Gasteiger partial charge is 0.390 e. The smallest absolute Gasteiger partial charge is 0.308 e. The number of nitrogens with one attached hydrogen (secondary N) is 2. The molecule has 0 aliphatic heterocycles. The van der Waals surface area contributed by atoms with Gasteiger partial charge in [-0.3, -0.25) is 25.2 Å². The predicted octanol–water partition coefficient (Wildman–Crippen LogP) is -0.626. The van der Waals surface area contributed by atoms with Crippen molar-refractivity contribution < 1.29 is 29.4 Å². The fourth-order valence-electron chi connectivity index (χ4n) is 1.62. The van der Waals surface area contributed by atoms with Crippen molar-refractivity contribution in [2.75, 3.05) is 0 Å². The van der Waals surface area contributed by atoms with E-state index >= 15 is 0 Å². The van der Waals surface area contributed by atoms with E-state index in [0.717, 1.165) is 19.3 Å². The molecule has 0 aliphatic carbocycles. The molecule has 0 rings (SSSR count). The van der Waals surface area contributed by atoms with E-state index in [9.17, 15) is 24.3 Å². The van der Waals surface area contributed by atoms with Gasteiger partial charge in [-0.15, -0.1) is 0 Å². The molecule has 0 aromatic heterocycles. The molecular weight excluding hydrogens is 292 g/mol. The van der Waals surface area contributed by atoms with Crippen LogP contribution in [0.15, 0.2) is 0 Å². The van der Waals surface area contributed by atoms with Crippen LogP contribution in [0.5, 0.6) is 0 Å². The summed E-state index contributed by atoms with van der Waals surface area (Å²) in [6.45, 7) is 2.70. The van der Waals surface area contributed by atoms with Gasteiger partial charge in [0.2, 0.25) is 5.91 Å². The molecule has 2 amide bonds. The number of unbranched alkanes of at least 4 members (excludes halogenated alkanes) is 3. The van der Waals surface area contributed by atoms with Gasteiger partial charge in [0, 0.05) is 12.8 Å². The highest BCUT2D eigenvalue weighted by molar-refractivity contribution is 6.38. The molecule has 1 unspecified atom stereocenters. The second-order valence-corrected chi connectivity index (χ2v) is 5.17. The van der Waals surface area contributed by atoms with E-state index in [1.165, 1.54) is 13.8 Å². The van der Waals surface area contributed by atoms with E-state index in [1.807, 2.05) is 5.43 Å². The average molecular weight is 316 g/mol. The van der Waals surface area contributed by atoms with E-state index in [-0.39, 0.29) is 12.2 Å². The molecule has 0 saturated heterocycles. The van der Waals surface area contributed by atoms with Crippen molar-refractivity contribution in [3.8, 4) is 0 Å². The highest BCUT2D eigenvalue weighted by Crippen LogP contribution is 2.05. The third-order valence-electron chi connectivity index (χ3n) is 2.95. The number of aliphatic hydroxyl groups excluding tert-OH is 2. The second kappa shape index (κ2) is 10.9. The molecule has 0 fully saturated rings. The number of carbonyl (C=O) groups is 4. The van der Waals surface area contributed by atoms with Crippen molar-refractivity contribution in [2.24, 2.45) is 0 Å². The summed E-state index contributed by atoms with van der Waals surface area (Å²) in [7, 11) is 0. The molecule has 8 heteroatoms. The highest BCUT2D eigenvalue weighted by atomic mass is 16.3. The van der Waals surface area contributed by atoms with E-state index in [0.29, 0.717) is 12.8 Å². The van der Waals surface area contributed by atoms with Gasteiger partial charge in [-0.2, -0.15) is 0 Å². The third kappa shape index (κ3) is 9.19. The minimum Gasteiger partial charge on any atom is -0.390 e. The van der Waals surface area contributed by atoms with Crippen molar-refractivity contribution in [1.82, 2.24) is 10.9 Å². The lowest BCUT2D eigenvalue weighted by Crippen LogP contribution is -2.49. The van der Waals surface area contributed by atoms with E-state index in [4.69, 9.17) is 5.11 Å². The molecule has 0 saturated carbocycles. The first-order valence-electron chi connectivity index (χ1n) is 7.24. The molecular formula is C14H24N2O6. The zero-order valence-corrected chi connectivity index (χ0v) is 12.9. The normalized spacial score (nSPS) is 13.1. The standard InChI is InChI=1S/C14H24N2O6/c1-9(17)7-5-3-4-6-8-11(19)15-16-14(22)13(21)12(20)10(2)18/h10,12,18,20H,3-8H2,1-2H3,(H,15,19)(H,16,22)/t10?,12-/m0/s1. The summed E-state index contributed by atoms with van der Waals surface area (Å²) >= 11 is 0. The van der Waals surface area contributed by atoms with Crippen LogP contribution in [0.3, 0.4) is 0 Å². The summed E-state index contributed by atoms with van der Waals surface area (Å²) in [4.78, 5) is 44.7. The number of carbonyl (C=O) groups excluding carboxylic acids is 4. The molecule has 0 bridgehead atoms. The van der Waals surface area contributed by atoms with Crippen LogP contribution in [0.2, 0.25) is 0 Å². The van der Waals surface area contributed by atoms with E-state index < -0.39 is 29.8 Å². The van der Waals surface area contributed by atoms with Crippen LogP contribution in [0.25, 0.3) is 0 Å². The molecule has 126 valence electrons. The monoisotopic (exact) mass is 316 g/mol. The van der Waals surface area contributed by atoms with Crippen molar-refractivity contribution in [3.63, 3.8) is 0 Å². The Labute approximate surface area is 129 Å². The molecule has 0 heterocycles. The lowest BCUT2D eigenvalue weighted by Gasteiger charge is -2.12. The topological polar surface area (TPSA) is 133 Å². The maximum Gasteiger partial charge on any atom is 0.308 e. The van der Waals surface area contributed by atoms with Crippen LogP contribution in [0, 0.1) is 0 Å². The fourth-order valence-corrected chi connectivity index (χ4v) is 1.62. The summed E-state index contributed by atoms with van der Waals surface area (Å²) in [5, 5.41) is 18.2. The lowest BCUT2D eigenvalue weighted by molar-refractivity contribution is -0.147. The van der Waals surface area contributed by atoms with Gasteiger partial charge in [0.25, 0.3) is 5.78 Å². The Bertz CT molecular complexity index is 408. The van der Waals surface area contributed by atoms with Gasteiger partial charge in [-0.05, 0) is 26.7 Å². The van der Waals surface area contributed by atoms with Crippen molar-refractivity contribution in [1.29, 1.82) is 0 Å². The number of amides is 2. The minimum absolute atomic E-state index is 0.143. The summed E-state index contributed by atoms with van der Waals surface area (Å²) in [6.07, 6.45) is 0.543. The van der Waals surface area contributed by atoms with Crippen LogP contribution < -0.4 is 10.9 Å². The van der Waals surface area contributed by atoms with Gasteiger partial charge in [0.1, 0.15) is 11.9 Å². The maximum atomic E-state index is 11.4.